The van der Waals surface area contributed by atoms with E-state index in [2.05, 4.69) is 34.2 Å². The van der Waals surface area contributed by atoms with Crippen LogP contribution < -0.4 is 10.1 Å². The van der Waals surface area contributed by atoms with Crippen molar-refractivity contribution in [3.05, 3.63) is 63.9 Å². The Morgan fingerprint density at radius 3 is 2.86 bits per heavy atom. The molecule has 0 fully saturated rings. The van der Waals surface area contributed by atoms with Crippen LogP contribution >= 0.6 is 15.9 Å². The van der Waals surface area contributed by atoms with Gasteiger partial charge in [-0.25, -0.2) is 4.39 Å². The number of rotatable bonds is 3. The van der Waals surface area contributed by atoms with Gasteiger partial charge in [0.2, 0.25) is 0 Å². The molecule has 2 aromatic carbocycles. The monoisotopic (exact) mass is 349 g/mol. The van der Waals surface area contributed by atoms with Crippen molar-refractivity contribution < 1.29 is 9.13 Å². The largest absolute Gasteiger partial charge is 0.485 e. The summed E-state index contributed by atoms with van der Waals surface area (Å²) < 4.78 is 20.5. The van der Waals surface area contributed by atoms with Crippen molar-refractivity contribution >= 4 is 15.9 Å². The second-order valence-electron chi connectivity index (χ2n) is 5.16. The van der Waals surface area contributed by atoms with Gasteiger partial charge in [-0.1, -0.05) is 41.1 Å². The molecule has 0 aromatic heterocycles. The van der Waals surface area contributed by atoms with Gasteiger partial charge in [-0.15, -0.1) is 0 Å². The van der Waals surface area contributed by atoms with Crippen LogP contribution in [0.5, 0.6) is 5.75 Å². The van der Waals surface area contributed by atoms with E-state index in [9.17, 15) is 4.39 Å². The Morgan fingerprint density at radius 2 is 2.05 bits per heavy atom. The fraction of sp³-hybridized carbons (Fsp3) is 0.294. The predicted molar refractivity (Wildman–Crippen MR) is 84.9 cm³/mol. The van der Waals surface area contributed by atoms with E-state index in [0.29, 0.717) is 0 Å². The molecule has 0 aliphatic carbocycles. The van der Waals surface area contributed by atoms with E-state index in [-0.39, 0.29) is 18.0 Å². The van der Waals surface area contributed by atoms with Crippen LogP contribution in [-0.2, 0) is 0 Å². The van der Waals surface area contributed by atoms with Crippen molar-refractivity contribution in [2.75, 3.05) is 6.54 Å². The highest BCUT2D eigenvalue weighted by Crippen LogP contribution is 2.42. The van der Waals surface area contributed by atoms with E-state index >= 15 is 0 Å². The molecule has 110 valence electrons. The fourth-order valence-corrected chi connectivity index (χ4v) is 3.31. The van der Waals surface area contributed by atoms with Gasteiger partial charge in [0.1, 0.15) is 17.7 Å². The summed E-state index contributed by atoms with van der Waals surface area (Å²) in [6, 6.07) is 13.0. The average molecular weight is 350 g/mol. The second kappa shape index (κ2) is 6.16. The SMILES string of the molecule is CCNC1CC(c2cc(F)ccc2Br)Oc2ccccc21. The van der Waals surface area contributed by atoms with Crippen LogP contribution in [0.4, 0.5) is 4.39 Å². The average Bonchev–Trinajstić information content (AvgIpc) is 2.50. The number of ether oxygens (including phenoxy) is 1. The molecule has 0 saturated carbocycles. The Balaban J connectivity index is 1.97. The maximum Gasteiger partial charge on any atom is 0.127 e. The van der Waals surface area contributed by atoms with Gasteiger partial charge < -0.3 is 10.1 Å². The topological polar surface area (TPSA) is 21.3 Å². The van der Waals surface area contributed by atoms with Crippen LogP contribution in [0, 0.1) is 5.82 Å². The highest BCUT2D eigenvalue weighted by molar-refractivity contribution is 9.10. The van der Waals surface area contributed by atoms with E-state index in [0.717, 1.165) is 28.8 Å². The van der Waals surface area contributed by atoms with Crippen molar-refractivity contribution in [2.24, 2.45) is 0 Å². The summed E-state index contributed by atoms with van der Waals surface area (Å²) in [5.74, 6) is 0.631. The van der Waals surface area contributed by atoms with Crippen LogP contribution in [0.25, 0.3) is 0 Å². The molecule has 0 saturated heterocycles. The van der Waals surface area contributed by atoms with Crippen LogP contribution in [0.3, 0.4) is 0 Å². The Hall–Kier alpha value is -1.39. The minimum atomic E-state index is -0.240. The molecule has 0 amide bonds. The maximum absolute atomic E-state index is 13.6. The van der Waals surface area contributed by atoms with E-state index in [4.69, 9.17) is 4.74 Å². The van der Waals surface area contributed by atoms with Crippen molar-refractivity contribution in [3.8, 4) is 5.75 Å². The number of hydrogen-bond acceptors (Lipinski definition) is 2. The third-order valence-corrected chi connectivity index (χ3v) is 4.49. The lowest BCUT2D eigenvalue weighted by Gasteiger charge is -2.33. The lowest BCUT2D eigenvalue weighted by atomic mass is 9.93. The number of fused-ring (bicyclic) bond motifs is 1. The van der Waals surface area contributed by atoms with Gasteiger partial charge in [0, 0.05) is 28.1 Å². The van der Waals surface area contributed by atoms with Gasteiger partial charge in [-0.05, 0) is 30.8 Å². The van der Waals surface area contributed by atoms with Crippen molar-refractivity contribution in [1.29, 1.82) is 0 Å². The van der Waals surface area contributed by atoms with Crippen LogP contribution in [0.2, 0.25) is 0 Å². The third kappa shape index (κ3) is 2.97. The summed E-state index contributed by atoms with van der Waals surface area (Å²) in [5.41, 5.74) is 2.02. The molecule has 1 N–H and O–H groups in total. The number of hydrogen-bond donors (Lipinski definition) is 1. The van der Waals surface area contributed by atoms with Gasteiger partial charge >= 0.3 is 0 Å². The number of benzene rings is 2. The summed E-state index contributed by atoms with van der Waals surface area (Å²) in [4.78, 5) is 0. The predicted octanol–water partition coefficient (Wildman–Crippen LogP) is 4.76. The Labute approximate surface area is 132 Å². The van der Waals surface area contributed by atoms with E-state index in [1.165, 1.54) is 11.6 Å². The highest BCUT2D eigenvalue weighted by Gasteiger charge is 2.29. The number of halogens is 2. The molecule has 0 spiro atoms. The molecular weight excluding hydrogens is 333 g/mol. The molecule has 1 aliphatic rings. The minimum Gasteiger partial charge on any atom is -0.485 e. The summed E-state index contributed by atoms with van der Waals surface area (Å²) in [7, 11) is 0. The molecular formula is C17H17BrFNO. The molecule has 0 bridgehead atoms. The lowest BCUT2D eigenvalue weighted by molar-refractivity contribution is 0.151. The maximum atomic E-state index is 13.6. The molecule has 1 heterocycles. The zero-order chi connectivity index (χ0) is 14.8. The molecule has 21 heavy (non-hydrogen) atoms. The van der Waals surface area contributed by atoms with E-state index < -0.39 is 0 Å². The number of para-hydroxylation sites is 1. The molecule has 0 radical (unpaired) electrons. The smallest absolute Gasteiger partial charge is 0.127 e. The normalized spacial score (nSPS) is 20.7. The van der Waals surface area contributed by atoms with Gasteiger partial charge in [0.05, 0.1) is 0 Å². The molecule has 2 aromatic rings. The summed E-state index contributed by atoms with van der Waals surface area (Å²) >= 11 is 3.50. The number of nitrogens with one attached hydrogen (secondary N) is 1. The van der Waals surface area contributed by atoms with Crippen molar-refractivity contribution in [1.82, 2.24) is 5.32 Å². The molecule has 1 aliphatic heterocycles. The minimum absolute atomic E-state index is 0.158. The highest BCUT2D eigenvalue weighted by atomic mass is 79.9. The molecule has 2 atom stereocenters. The van der Waals surface area contributed by atoms with Crippen molar-refractivity contribution in [3.63, 3.8) is 0 Å². The third-order valence-electron chi connectivity index (χ3n) is 3.77. The van der Waals surface area contributed by atoms with Gasteiger partial charge in [0.25, 0.3) is 0 Å². The Kier molecular flexibility index (Phi) is 4.27. The first kappa shape index (κ1) is 14.5. The first-order valence-corrected chi connectivity index (χ1v) is 7.92. The van der Waals surface area contributed by atoms with Crippen LogP contribution in [-0.4, -0.2) is 6.54 Å². The lowest BCUT2D eigenvalue weighted by Crippen LogP contribution is -2.29. The first-order chi connectivity index (χ1) is 10.2. The molecule has 3 rings (SSSR count). The first-order valence-electron chi connectivity index (χ1n) is 7.13. The van der Waals surface area contributed by atoms with Gasteiger partial charge in [-0.2, -0.15) is 0 Å². The standard InChI is InChI=1S/C17H17BrFNO/c1-2-20-15-10-17(13-9-11(19)7-8-14(13)18)21-16-6-4-3-5-12(15)16/h3-9,15,17,20H,2,10H2,1H3. The summed E-state index contributed by atoms with van der Waals surface area (Å²) in [6.07, 6.45) is 0.626. The summed E-state index contributed by atoms with van der Waals surface area (Å²) in [5, 5.41) is 3.49. The van der Waals surface area contributed by atoms with Crippen molar-refractivity contribution in [2.45, 2.75) is 25.5 Å². The zero-order valence-electron chi connectivity index (χ0n) is 11.8. The summed E-state index contributed by atoms with van der Waals surface area (Å²) in [6.45, 7) is 2.97. The fourth-order valence-electron chi connectivity index (χ4n) is 2.81. The Morgan fingerprint density at radius 1 is 1.24 bits per heavy atom. The van der Waals surface area contributed by atoms with E-state index in [1.807, 2.05) is 18.2 Å². The molecule has 2 unspecified atom stereocenters. The molecule has 4 heteroatoms. The van der Waals surface area contributed by atoms with E-state index in [1.54, 1.807) is 12.1 Å². The van der Waals surface area contributed by atoms with Gasteiger partial charge in [0.15, 0.2) is 0 Å². The zero-order valence-corrected chi connectivity index (χ0v) is 13.4. The quantitative estimate of drug-likeness (QED) is 0.862. The molecule has 2 nitrogen and oxygen atoms in total. The second-order valence-corrected chi connectivity index (χ2v) is 6.01. The van der Waals surface area contributed by atoms with Crippen LogP contribution in [0.15, 0.2) is 46.9 Å². The Bertz CT molecular complexity index is 646. The van der Waals surface area contributed by atoms with Crippen LogP contribution in [0.1, 0.15) is 36.6 Å². The van der Waals surface area contributed by atoms with Gasteiger partial charge in [-0.3, -0.25) is 0 Å².